The molecule has 3 aliphatic rings. The lowest BCUT2D eigenvalue weighted by molar-refractivity contribution is -0.133. The highest BCUT2D eigenvalue weighted by molar-refractivity contribution is 6.04. The fourth-order valence-electron chi connectivity index (χ4n) is 6.27. The number of H-pyrrole nitrogens is 1. The van der Waals surface area contributed by atoms with Crippen LogP contribution in [0.2, 0.25) is 0 Å². The average Bonchev–Trinajstić information content (AvgIpc) is 3.68. The van der Waals surface area contributed by atoms with Crippen molar-refractivity contribution in [1.82, 2.24) is 20.5 Å². The first-order valence-electron chi connectivity index (χ1n) is 13.9. The van der Waals surface area contributed by atoms with Gasteiger partial charge in [-0.2, -0.15) is 0 Å². The zero-order valence-corrected chi connectivity index (χ0v) is 22.8. The molecule has 1 unspecified atom stereocenters. The Hall–Kier alpha value is -4.79. The molecule has 9 heteroatoms. The van der Waals surface area contributed by atoms with Crippen molar-refractivity contribution in [2.75, 3.05) is 6.79 Å². The number of hydrogen-bond donors (Lipinski definition) is 3. The van der Waals surface area contributed by atoms with Gasteiger partial charge in [-0.25, -0.2) is 0 Å². The van der Waals surface area contributed by atoms with Gasteiger partial charge in [0.15, 0.2) is 11.5 Å². The van der Waals surface area contributed by atoms with E-state index in [2.05, 4.69) is 15.6 Å². The summed E-state index contributed by atoms with van der Waals surface area (Å²) in [5.41, 5.74) is 5.28. The quantitative estimate of drug-likeness (QED) is 0.338. The second-order valence-electron chi connectivity index (χ2n) is 11.1. The van der Waals surface area contributed by atoms with E-state index < -0.39 is 18.1 Å². The maximum absolute atomic E-state index is 14.0. The number of ether oxygens (including phenoxy) is 2. The first kappa shape index (κ1) is 25.2. The van der Waals surface area contributed by atoms with Gasteiger partial charge in [0.1, 0.15) is 12.1 Å². The number of para-hydroxylation sites is 1. The molecule has 0 saturated carbocycles. The van der Waals surface area contributed by atoms with Gasteiger partial charge in [0.25, 0.3) is 5.91 Å². The van der Waals surface area contributed by atoms with Crippen LogP contribution in [-0.4, -0.2) is 46.5 Å². The molecule has 0 bridgehead atoms. The highest BCUT2D eigenvalue weighted by Gasteiger charge is 2.49. The normalized spacial score (nSPS) is 19.1. The molecule has 0 aliphatic carbocycles. The van der Waals surface area contributed by atoms with Gasteiger partial charge in [-0.1, -0.05) is 56.3 Å². The van der Waals surface area contributed by atoms with E-state index in [0.29, 0.717) is 23.5 Å². The molecule has 3 aliphatic heterocycles. The van der Waals surface area contributed by atoms with Crippen LogP contribution in [0.1, 0.15) is 52.6 Å². The van der Waals surface area contributed by atoms with Crippen LogP contribution in [0.3, 0.4) is 0 Å². The van der Waals surface area contributed by atoms with E-state index in [4.69, 9.17) is 9.47 Å². The Labute approximate surface area is 236 Å². The number of carbonyl (C=O) groups is 3. The van der Waals surface area contributed by atoms with Crippen molar-refractivity contribution < 1.29 is 23.9 Å². The number of hydrogen-bond acceptors (Lipinski definition) is 5. The third kappa shape index (κ3) is 4.11. The van der Waals surface area contributed by atoms with E-state index in [1.54, 1.807) is 4.90 Å². The maximum atomic E-state index is 14.0. The van der Waals surface area contributed by atoms with Crippen LogP contribution in [0.25, 0.3) is 10.9 Å². The maximum Gasteiger partial charge on any atom is 0.255 e. The van der Waals surface area contributed by atoms with Crippen LogP contribution in [0.15, 0.2) is 66.7 Å². The number of nitrogens with zero attached hydrogens (tertiary/aromatic N) is 1. The third-order valence-electron chi connectivity index (χ3n) is 8.31. The second kappa shape index (κ2) is 9.69. The minimum atomic E-state index is -0.778. The second-order valence-corrected chi connectivity index (χ2v) is 11.1. The standard InChI is InChI=1S/C32H30N4O5/c1-17(2)27(31(38)33-15-18-11-12-25-26(13-18)41-16-40-25)35-30(37)24-14-22-19-7-5-6-10-23(19)34-28(22)29-20-8-3-4-9-21(20)32(39)36(24)29/h3-13,17,24,27,29,34H,14-16H2,1-2H3,(H,33,38)(H,35,37)/t24-,27-,29?/m0/s1. The highest BCUT2D eigenvalue weighted by Crippen LogP contribution is 2.46. The monoisotopic (exact) mass is 550 g/mol. The number of aromatic amines is 1. The molecule has 0 spiro atoms. The number of amides is 3. The summed E-state index contributed by atoms with van der Waals surface area (Å²) < 4.78 is 10.8. The van der Waals surface area contributed by atoms with Gasteiger partial charge in [-0.05, 0) is 46.9 Å². The molecule has 41 heavy (non-hydrogen) atoms. The van der Waals surface area contributed by atoms with Crippen molar-refractivity contribution >= 4 is 28.6 Å². The van der Waals surface area contributed by atoms with Crippen LogP contribution in [-0.2, 0) is 22.6 Å². The van der Waals surface area contributed by atoms with E-state index in [1.807, 2.05) is 80.6 Å². The number of rotatable bonds is 6. The molecule has 7 rings (SSSR count). The van der Waals surface area contributed by atoms with E-state index >= 15 is 0 Å². The van der Waals surface area contributed by atoms with Crippen LogP contribution in [0.5, 0.6) is 11.5 Å². The van der Waals surface area contributed by atoms with Gasteiger partial charge < -0.3 is 30.0 Å². The minimum Gasteiger partial charge on any atom is -0.454 e. The fraction of sp³-hybridized carbons (Fsp3) is 0.281. The third-order valence-corrected chi connectivity index (χ3v) is 8.31. The van der Waals surface area contributed by atoms with Crippen molar-refractivity contribution in [2.24, 2.45) is 5.92 Å². The molecule has 4 heterocycles. The van der Waals surface area contributed by atoms with Crippen LogP contribution in [0, 0.1) is 5.92 Å². The Bertz CT molecular complexity index is 1710. The van der Waals surface area contributed by atoms with Gasteiger partial charge >= 0.3 is 0 Å². The van der Waals surface area contributed by atoms with Crippen LogP contribution in [0.4, 0.5) is 0 Å². The number of nitrogens with one attached hydrogen (secondary N) is 3. The van der Waals surface area contributed by atoms with Crippen molar-refractivity contribution in [3.8, 4) is 11.5 Å². The topological polar surface area (TPSA) is 113 Å². The summed E-state index contributed by atoms with van der Waals surface area (Å²) in [6.07, 6.45) is 0.352. The number of carbonyl (C=O) groups excluding carboxylic acids is 3. The molecule has 0 fully saturated rings. The predicted molar refractivity (Wildman–Crippen MR) is 151 cm³/mol. The summed E-state index contributed by atoms with van der Waals surface area (Å²) in [5, 5.41) is 6.98. The fourth-order valence-corrected chi connectivity index (χ4v) is 6.27. The minimum absolute atomic E-state index is 0.176. The summed E-state index contributed by atoms with van der Waals surface area (Å²) in [5.74, 6) is 0.334. The Morgan fingerprint density at radius 2 is 1.80 bits per heavy atom. The summed E-state index contributed by atoms with van der Waals surface area (Å²) in [7, 11) is 0. The molecule has 4 aromatic rings. The van der Waals surface area contributed by atoms with E-state index in [9.17, 15) is 14.4 Å². The van der Waals surface area contributed by atoms with Crippen molar-refractivity contribution in [3.05, 3.63) is 94.7 Å². The van der Waals surface area contributed by atoms with E-state index in [1.165, 1.54) is 0 Å². The number of aromatic nitrogens is 1. The molecule has 3 N–H and O–H groups in total. The Balaban J connectivity index is 1.16. The lowest BCUT2D eigenvalue weighted by Crippen LogP contribution is -2.57. The molecule has 3 amide bonds. The molecule has 9 nitrogen and oxygen atoms in total. The Morgan fingerprint density at radius 3 is 2.66 bits per heavy atom. The highest BCUT2D eigenvalue weighted by atomic mass is 16.7. The number of benzene rings is 3. The van der Waals surface area contributed by atoms with Crippen LogP contribution >= 0.6 is 0 Å². The molecule has 0 radical (unpaired) electrons. The lowest BCUT2D eigenvalue weighted by atomic mass is 9.89. The van der Waals surface area contributed by atoms with Crippen molar-refractivity contribution in [2.45, 2.75) is 44.9 Å². The lowest BCUT2D eigenvalue weighted by Gasteiger charge is -2.38. The first-order chi connectivity index (χ1) is 19.9. The van der Waals surface area contributed by atoms with Gasteiger partial charge in [0.2, 0.25) is 18.6 Å². The summed E-state index contributed by atoms with van der Waals surface area (Å²) in [6.45, 7) is 4.24. The van der Waals surface area contributed by atoms with Gasteiger partial charge in [0.05, 0.1) is 6.04 Å². The molecular formula is C32H30N4O5. The largest absolute Gasteiger partial charge is 0.454 e. The number of fused-ring (bicyclic) bond motifs is 8. The molecule has 3 aromatic carbocycles. The smallest absolute Gasteiger partial charge is 0.255 e. The van der Waals surface area contributed by atoms with Gasteiger partial charge in [-0.15, -0.1) is 0 Å². The zero-order chi connectivity index (χ0) is 28.2. The van der Waals surface area contributed by atoms with Gasteiger partial charge in [-0.3, -0.25) is 14.4 Å². The van der Waals surface area contributed by atoms with Crippen LogP contribution < -0.4 is 20.1 Å². The van der Waals surface area contributed by atoms with Crippen molar-refractivity contribution in [1.29, 1.82) is 0 Å². The average molecular weight is 551 g/mol. The molecular weight excluding hydrogens is 520 g/mol. The Morgan fingerprint density at radius 1 is 1.02 bits per heavy atom. The van der Waals surface area contributed by atoms with Crippen molar-refractivity contribution in [3.63, 3.8) is 0 Å². The summed E-state index contributed by atoms with van der Waals surface area (Å²) in [6, 6.07) is 19.1. The molecule has 3 atom stereocenters. The summed E-state index contributed by atoms with van der Waals surface area (Å²) >= 11 is 0. The van der Waals surface area contributed by atoms with Gasteiger partial charge in [0, 0.05) is 35.1 Å². The first-order valence-corrected chi connectivity index (χ1v) is 13.9. The molecule has 0 saturated heterocycles. The molecule has 1 aromatic heterocycles. The Kier molecular flexibility index (Phi) is 5.96. The van der Waals surface area contributed by atoms with E-state index in [-0.39, 0.29) is 37.0 Å². The van der Waals surface area contributed by atoms with E-state index in [0.717, 1.165) is 33.3 Å². The summed E-state index contributed by atoms with van der Waals surface area (Å²) in [4.78, 5) is 46.3. The predicted octanol–water partition coefficient (Wildman–Crippen LogP) is 3.82. The SMILES string of the molecule is CC(C)[C@H](NC(=O)[C@@H]1Cc2c([nH]c3ccccc23)C2c3ccccc3C(=O)N21)C(=O)NCc1ccc2c(c1)OCO2. The zero-order valence-electron chi connectivity index (χ0n) is 22.8. The molecule has 208 valence electrons.